The largest absolute Gasteiger partial charge is 0.412 e. The molecule has 2 rings (SSSR count). The molecule has 0 saturated heterocycles. The van der Waals surface area contributed by atoms with Crippen LogP contribution in [-0.2, 0) is 0 Å². The van der Waals surface area contributed by atoms with E-state index in [-0.39, 0.29) is 13.9 Å². The van der Waals surface area contributed by atoms with Crippen molar-refractivity contribution >= 4 is 8.41 Å². The molecule has 2 heteroatoms. The molecule has 2 N–H and O–H groups in total. The maximum atomic E-state index is 2.12. The summed E-state index contributed by atoms with van der Waals surface area (Å²) in [6, 6.07) is 20.8. The lowest BCUT2D eigenvalue weighted by Crippen LogP contribution is -1.73. The summed E-state index contributed by atoms with van der Waals surface area (Å²) in [5.74, 6) is 0. The van der Waals surface area contributed by atoms with E-state index in [2.05, 4.69) is 48.5 Å². The van der Waals surface area contributed by atoms with Crippen molar-refractivity contribution in [3.05, 3.63) is 60.7 Å². The lowest BCUT2D eigenvalue weighted by atomic mass is 10.1. The van der Waals surface area contributed by atoms with E-state index in [9.17, 15) is 0 Å². The minimum absolute atomic E-state index is 0. The number of hydrogen-bond donors (Lipinski definition) is 0. The van der Waals surface area contributed by atoms with Gasteiger partial charge in [-0.05, 0) is 11.1 Å². The molecule has 14 heavy (non-hydrogen) atoms. The molecular formula is C12H15BO. The molecule has 2 aromatic carbocycles. The molecule has 0 aromatic heterocycles. The van der Waals surface area contributed by atoms with Gasteiger partial charge in [0.1, 0.15) is 0 Å². The molecule has 0 aliphatic rings. The van der Waals surface area contributed by atoms with Crippen LogP contribution in [-0.4, -0.2) is 13.9 Å². The Balaban J connectivity index is 0.000000845. The second-order valence-corrected chi connectivity index (χ2v) is 2.73. The fourth-order valence-corrected chi connectivity index (χ4v) is 1.26. The summed E-state index contributed by atoms with van der Waals surface area (Å²) < 4.78 is 0. The summed E-state index contributed by atoms with van der Waals surface area (Å²) in [5.41, 5.74) is 2.55. The van der Waals surface area contributed by atoms with Gasteiger partial charge in [-0.1, -0.05) is 60.7 Å². The van der Waals surface area contributed by atoms with Gasteiger partial charge in [-0.15, -0.1) is 0 Å². The van der Waals surface area contributed by atoms with Crippen LogP contribution in [0.3, 0.4) is 0 Å². The van der Waals surface area contributed by atoms with Gasteiger partial charge in [0.15, 0.2) is 0 Å². The molecule has 0 bridgehead atoms. The van der Waals surface area contributed by atoms with E-state index in [4.69, 9.17) is 0 Å². The topological polar surface area (TPSA) is 31.5 Å². The van der Waals surface area contributed by atoms with Crippen LogP contribution in [0.15, 0.2) is 60.7 Å². The van der Waals surface area contributed by atoms with Crippen LogP contribution < -0.4 is 0 Å². The zero-order valence-corrected chi connectivity index (χ0v) is 7.27. The van der Waals surface area contributed by atoms with Gasteiger partial charge in [0.05, 0.1) is 8.41 Å². The van der Waals surface area contributed by atoms with Gasteiger partial charge in [-0.25, -0.2) is 0 Å². The summed E-state index contributed by atoms with van der Waals surface area (Å²) in [4.78, 5) is 0. The van der Waals surface area contributed by atoms with E-state index >= 15 is 0 Å². The number of rotatable bonds is 1. The minimum atomic E-state index is 0. The van der Waals surface area contributed by atoms with Gasteiger partial charge in [0.2, 0.25) is 0 Å². The van der Waals surface area contributed by atoms with Crippen molar-refractivity contribution in [3.8, 4) is 11.1 Å². The summed E-state index contributed by atoms with van der Waals surface area (Å²) in [6.45, 7) is 0. The third kappa shape index (κ3) is 2.75. The Hall–Kier alpha value is -1.54. The second kappa shape index (κ2) is 6.00. The molecule has 0 aliphatic carbocycles. The fourth-order valence-electron chi connectivity index (χ4n) is 1.26. The zero-order valence-electron chi connectivity index (χ0n) is 7.27. The Bertz CT molecular complexity index is 308. The van der Waals surface area contributed by atoms with Gasteiger partial charge in [-0.3, -0.25) is 0 Å². The minimum Gasteiger partial charge on any atom is -0.412 e. The Morgan fingerprint density at radius 2 is 0.786 bits per heavy atom. The van der Waals surface area contributed by atoms with E-state index in [1.54, 1.807) is 0 Å². The molecule has 0 fully saturated rings. The van der Waals surface area contributed by atoms with E-state index in [1.807, 2.05) is 12.1 Å². The summed E-state index contributed by atoms with van der Waals surface area (Å²) >= 11 is 0. The van der Waals surface area contributed by atoms with Crippen molar-refractivity contribution in [1.82, 2.24) is 0 Å². The van der Waals surface area contributed by atoms with Crippen molar-refractivity contribution in [1.29, 1.82) is 0 Å². The first kappa shape index (κ1) is 12.5. The molecular weight excluding hydrogens is 171 g/mol. The Labute approximate surface area is 86.3 Å². The van der Waals surface area contributed by atoms with Crippen molar-refractivity contribution in [2.45, 2.75) is 0 Å². The second-order valence-electron chi connectivity index (χ2n) is 2.73. The monoisotopic (exact) mass is 186 g/mol. The highest BCUT2D eigenvalue weighted by Gasteiger charge is 1.91. The summed E-state index contributed by atoms with van der Waals surface area (Å²) in [7, 11) is 0. The van der Waals surface area contributed by atoms with Crippen LogP contribution in [0.2, 0.25) is 0 Å². The average Bonchev–Trinajstić information content (AvgIpc) is 2.21. The van der Waals surface area contributed by atoms with E-state index < -0.39 is 0 Å². The van der Waals surface area contributed by atoms with E-state index in [1.165, 1.54) is 11.1 Å². The molecule has 0 heterocycles. The van der Waals surface area contributed by atoms with Crippen molar-refractivity contribution in [3.63, 3.8) is 0 Å². The van der Waals surface area contributed by atoms with E-state index in [0.717, 1.165) is 0 Å². The van der Waals surface area contributed by atoms with Gasteiger partial charge in [0, 0.05) is 0 Å². The Morgan fingerprint density at radius 3 is 1.07 bits per heavy atom. The van der Waals surface area contributed by atoms with Gasteiger partial charge < -0.3 is 5.48 Å². The van der Waals surface area contributed by atoms with Crippen LogP contribution in [0.5, 0.6) is 0 Å². The smallest absolute Gasteiger partial charge is 0.0814 e. The van der Waals surface area contributed by atoms with Crippen LogP contribution in [0.1, 0.15) is 0 Å². The normalized spacial score (nSPS) is 8.29. The first-order chi connectivity index (χ1) is 5.97. The molecule has 0 aliphatic heterocycles. The van der Waals surface area contributed by atoms with Crippen molar-refractivity contribution < 1.29 is 5.48 Å². The Morgan fingerprint density at radius 1 is 0.500 bits per heavy atom. The van der Waals surface area contributed by atoms with Crippen LogP contribution in [0.25, 0.3) is 11.1 Å². The molecule has 1 nitrogen and oxygen atoms in total. The van der Waals surface area contributed by atoms with Crippen LogP contribution in [0.4, 0.5) is 0 Å². The standard InChI is InChI=1S/C12H10.BH3.H2O/c1-3-7-11(8-4-1)12-9-5-2-6-10-12;;/h1-10H;1H3;1H2. The predicted molar refractivity (Wildman–Crippen MR) is 65.4 cm³/mol. The molecule has 0 amide bonds. The third-order valence-corrected chi connectivity index (χ3v) is 1.88. The molecule has 0 atom stereocenters. The molecule has 2 aromatic rings. The third-order valence-electron chi connectivity index (χ3n) is 1.88. The first-order valence-corrected chi connectivity index (χ1v) is 4.07. The Kier molecular flexibility index (Phi) is 5.34. The SMILES string of the molecule is B.O.c1ccc(-c2ccccc2)cc1. The molecule has 0 spiro atoms. The molecule has 0 saturated carbocycles. The number of hydrogen-bond acceptors (Lipinski definition) is 0. The maximum Gasteiger partial charge on any atom is 0.0814 e. The zero-order chi connectivity index (χ0) is 8.23. The predicted octanol–water partition coefficient (Wildman–Crippen LogP) is 1.34. The van der Waals surface area contributed by atoms with Gasteiger partial charge in [0.25, 0.3) is 0 Å². The van der Waals surface area contributed by atoms with E-state index in [0.29, 0.717) is 0 Å². The quantitative estimate of drug-likeness (QED) is 0.602. The van der Waals surface area contributed by atoms with Gasteiger partial charge in [-0.2, -0.15) is 0 Å². The van der Waals surface area contributed by atoms with Crippen LogP contribution >= 0.6 is 0 Å². The van der Waals surface area contributed by atoms with Crippen molar-refractivity contribution in [2.75, 3.05) is 0 Å². The number of benzene rings is 2. The average molecular weight is 186 g/mol. The molecule has 72 valence electrons. The van der Waals surface area contributed by atoms with Gasteiger partial charge >= 0.3 is 0 Å². The highest BCUT2D eigenvalue weighted by atomic mass is 16.0. The lowest BCUT2D eigenvalue weighted by Gasteiger charge is -1.98. The maximum absolute atomic E-state index is 2.12. The van der Waals surface area contributed by atoms with Crippen LogP contribution in [0, 0.1) is 0 Å². The molecule has 0 radical (unpaired) electrons. The fraction of sp³-hybridized carbons (Fsp3) is 0. The lowest BCUT2D eigenvalue weighted by molar-refractivity contribution is 0.824. The first-order valence-electron chi connectivity index (χ1n) is 4.07. The summed E-state index contributed by atoms with van der Waals surface area (Å²) in [5, 5.41) is 0. The summed E-state index contributed by atoms with van der Waals surface area (Å²) in [6.07, 6.45) is 0. The highest BCUT2D eigenvalue weighted by Crippen LogP contribution is 2.17. The highest BCUT2D eigenvalue weighted by molar-refractivity contribution is 5.75. The molecule has 0 unspecified atom stereocenters. The van der Waals surface area contributed by atoms with Crippen molar-refractivity contribution in [2.24, 2.45) is 0 Å².